The lowest BCUT2D eigenvalue weighted by Gasteiger charge is -2.18. The Morgan fingerprint density at radius 1 is 1.25 bits per heavy atom. The fraction of sp³-hybridized carbons (Fsp3) is 0.500. The number of carbonyl (C=O) groups excluding carboxylic acids is 2. The average Bonchev–Trinajstić information content (AvgIpc) is 2.43. The van der Waals surface area contributed by atoms with Gasteiger partial charge in [0.15, 0.2) is 0 Å². The number of urea groups is 1. The number of pyridine rings is 1. The summed E-state index contributed by atoms with van der Waals surface area (Å²) in [6.45, 7) is 7.38. The molecule has 1 rings (SSSR count). The van der Waals surface area contributed by atoms with Gasteiger partial charge in [-0.2, -0.15) is 0 Å². The second-order valence-corrected chi connectivity index (χ2v) is 4.42. The summed E-state index contributed by atoms with van der Waals surface area (Å²) in [5.41, 5.74) is 1.04. The van der Waals surface area contributed by atoms with Crippen LogP contribution >= 0.6 is 0 Å². The van der Waals surface area contributed by atoms with Crippen LogP contribution in [0.25, 0.3) is 0 Å². The van der Waals surface area contributed by atoms with Crippen molar-refractivity contribution in [1.82, 2.24) is 15.2 Å². The number of hydrogen-bond acceptors (Lipinski definition) is 3. The van der Waals surface area contributed by atoms with Gasteiger partial charge in [0.1, 0.15) is 5.82 Å². The van der Waals surface area contributed by atoms with E-state index in [9.17, 15) is 9.59 Å². The van der Waals surface area contributed by atoms with Crippen molar-refractivity contribution in [2.45, 2.75) is 27.2 Å². The normalized spacial score (nSPS) is 9.95. The van der Waals surface area contributed by atoms with Crippen molar-refractivity contribution >= 4 is 17.8 Å². The SMILES string of the molecule is CCN(CC)C(=O)NCCC(=O)Nc1ccc(C)cn1. The van der Waals surface area contributed by atoms with Gasteiger partial charge < -0.3 is 15.5 Å². The van der Waals surface area contributed by atoms with Gasteiger partial charge in [0, 0.05) is 32.3 Å². The highest BCUT2D eigenvalue weighted by Gasteiger charge is 2.09. The fourth-order valence-electron chi connectivity index (χ4n) is 1.65. The molecule has 6 heteroatoms. The molecule has 110 valence electrons. The number of aromatic nitrogens is 1. The summed E-state index contributed by atoms with van der Waals surface area (Å²) in [5.74, 6) is 0.358. The van der Waals surface area contributed by atoms with Crippen molar-refractivity contribution in [2.24, 2.45) is 0 Å². The third-order valence-electron chi connectivity index (χ3n) is 2.86. The Kier molecular flexibility index (Phi) is 6.49. The Hall–Kier alpha value is -2.11. The minimum atomic E-state index is -0.166. The maximum atomic E-state index is 11.7. The van der Waals surface area contributed by atoms with E-state index in [4.69, 9.17) is 0 Å². The molecule has 0 aliphatic rings. The molecule has 0 fully saturated rings. The molecule has 0 saturated carbocycles. The van der Waals surface area contributed by atoms with Gasteiger partial charge in [0.05, 0.1) is 0 Å². The molecule has 0 spiro atoms. The van der Waals surface area contributed by atoms with E-state index in [0.717, 1.165) is 5.56 Å². The average molecular weight is 278 g/mol. The minimum absolute atomic E-state index is 0.142. The lowest BCUT2D eigenvalue weighted by molar-refractivity contribution is -0.116. The third kappa shape index (κ3) is 5.26. The van der Waals surface area contributed by atoms with Gasteiger partial charge in [-0.25, -0.2) is 9.78 Å². The van der Waals surface area contributed by atoms with Gasteiger partial charge in [-0.1, -0.05) is 6.07 Å². The second kappa shape index (κ2) is 8.14. The molecule has 0 aromatic carbocycles. The Bertz CT molecular complexity index is 441. The first-order chi connectivity index (χ1) is 9.56. The minimum Gasteiger partial charge on any atom is -0.337 e. The van der Waals surface area contributed by atoms with Crippen molar-refractivity contribution in [3.8, 4) is 0 Å². The van der Waals surface area contributed by atoms with E-state index in [1.54, 1.807) is 17.2 Å². The van der Waals surface area contributed by atoms with Crippen LogP contribution in [0.2, 0.25) is 0 Å². The lowest BCUT2D eigenvalue weighted by Crippen LogP contribution is -2.40. The van der Waals surface area contributed by atoms with Gasteiger partial charge in [0.2, 0.25) is 5.91 Å². The predicted molar refractivity (Wildman–Crippen MR) is 78.5 cm³/mol. The van der Waals surface area contributed by atoms with Crippen LogP contribution in [0.15, 0.2) is 18.3 Å². The Labute approximate surface area is 119 Å². The maximum absolute atomic E-state index is 11.7. The van der Waals surface area contributed by atoms with E-state index in [1.807, 2.05) is 26.8 Å². The first-order valence-electron chi connectivity index (χ1n) is 6.82. The summed E-state index contributed by atoms with van der Waals surface area (Å²) < 4.78 is 0. The van der Waals surface area contributed by atoms with Crippen molar-refractivity contribution < 1.29 is 9.59 Å². The van der Waals surface area contributed by atoms with Crippen LogP contribution in [-0.2, 0) is 4.79 Å². The van der Waals surface area contributed by atoms with Crippen LogP contribution in [-0.4, -0.2) is 41.5 Å². The van der Waals surface area contributed by atoms with E-state index in [-0.39, 0.29) is 18.4 Å². The topological polar surface area (TPSA) is 74.3 Å². The Morgan fingerprint density at radius 2 is 1.95 bits per heavy atom. The second-order valence-electron chi connectivity index (χ2n) is 4.42. The summed E-state index contributed by atoms with van der Waals surface area (Å²) in [6.07, 6.45) is 1.92. The van der Waals surface area contributed by atoms with E-state index >= 15 is 0 Å². The van der Waals surface area contributed by atoms with Crippen LogP contribution in [0.5, 0.6) is 0 Å². The van der Waals surface area contributed by atoms with Crippen molar-refractivity contribution in [2.75, 3.05) is 25.0 Å². The molecular weight excluding hydrogens is 256 g/mol. The summed E-state index contributed by atoms with van der Waals surface area (Å²) in [5, 5.41) is 5.40. The van der Waals surface area contributed by atoms with E-state index in [1.165, 1.54) is 0 Å². The fourth-order valence-corrected chi connectivity index (χ4v) is 1.65. The van der Waals surface area contributed by atoms with Crippen LogP contribution in [0.3, 0.4) is 0 Å². The van der Waals surface area contributed by atoms with Crippen LogP contribution < -0.4 is 10.6 Å². The molecule has 3 amide bonds. The number of amides is 3. The number of hydrogen-bond donors (Lipinski definition) is 2. The van der Waals surface area contributed by atoms with Crippen molar-refractivity contribution in [3.05, 3.63) is 23.9 Å². The summed E-state index contributed by atoms with van der Waals surface area (Å²) in [6, 6.07) is 3.49. The van der Waals surface area contributed by atoms with E-state index < -0.39 is 0 Å². The highest BCUT2D eigenvalue weighted by molar-refractivity contribution is 5.90. The first-order valence-corrected chi connectivity index (χ1v) is 6.82. The maximum Gasteiger partial charge on any atom is 0.317 e. The molecule has 0 aliphatic carbocycles. The number of rotatable bonds is 6. The van der Waals surface area contributed by atoms with Gasteiger partial charge in [-0.15, -0.1) is 0 Å². The molecular formula is C14H22N4O2. The molecule has 2 N–H and O–H groups in total. The Balaban J connectivity index is 2.30. The zero-order chi connectivity index (χ0) is 15.0. The standard InChI is InChI=1S/C14H22N4O2/c1-4-18(5-2)14(20)15-9-8-13(19)17-12-7-6-11(3)10-16-12/h6-7,10H,4-5,8-9H2,1-3H3,(H,15,20)(H,16,17,19). The van der Waals surface area contributed by atoms with Gasteiger partial charge >= 0.3 is 6.03 Å². The van der Waals surface area contributed by atoms with Crippen LogP contribution in [0.4, 0.5) is 10.6 Å². The molecule has 0 unspecified atom stereocenters. The highest BCUT2D eigenvalue weighted by Crippen LogP contribution is 2.03. The van der Waals surface area contributed by atoms with Crippen molar-refractivity contribution in [3.63, 3.8) is 0 Å². The molecule has 20 heavy (non-hydrogen) atoms. The zero-order valence-corrected chi connectivity index (χ0v) is 12.3. The van der Waals surface area contributed by atoms with Crippen LogP contribution in [0.1, 0.15) is 25.8 Å². The predicted octanol–water partition coefficient (Wildman–Crippen LogP) is 1.77. The molecule has 0 aliphatic heterocycles. The molecule has 0 atom stereocenters. The number of aryl methyl sites for hydroxylation is 1. The summed E-state index contributed by atoms with van der Waals surface area (Å²) >= 11 is 0. The smallest absolute Gasteiger partial charge is 0.317 e. The third-order valence-corrected chi connectivity index (χ3v) is 2.86. The lowest BCUT2D eigenvalue weighted by atomic mass is 10.3. The summed E-state index contributed by atoms with van der Waals surface area (Å²) in [7, 11) is 0. The largest absolute Gasteiger partial charge is 0.337 e. The van der Waals surface area contributed by atoms with Gasteiger partial charge in [0.25, 0.3) is 0 Å². The monoisotopic (exact) mass is 278 g/mol. The first kappa shape index (κ1) is 15.9. The van der Waals surface area contributed by atoms with Crippen molar-refractivity contribution in [1.29, 1.82) is 0 Å². The quantitative estimate of drug-likeness (QED) is 0.832. The highest BCUT2D eigenvalue weighted by atomic mass is 16.2. The number of carbonyl (C=O) groups is 2. The summed E-state index contributed by atoms with van der Waals surface area (Å²) in [4.78, 5) is 29.1. The van der Waals surface area contributed by atoms with E-state index in [0.29, 0.717) is 25.5 Å². The molecule has 1 aromatic heterocycles. The molecule has 0 saturated heterocycles. The van der Waals surface area contributed by atoms with Crippen LogP contribution in [0, 0.1) is 6.92 Å². The molecule has 1 heterocycles. The van der Waals surface area contributed by atoms with Gasteiger partial charge in [-0.05, 0) is 32.4 Å². The molecule has 0 radical (unpaired) electrons. The van der Waals surface area contributed by atoms with E-state index in [2.05, 4.69) is 15.6 Å². The number of nitrogens with one attached hydrogen (secondary N) is 2. The zero-order valence-electron chi connectivity index (χ0n) is 12.3. The Morgan fingerprint density at radius 3 is 2.50 bits per heavy atom. The van der Waals surface area contributed by atoms with Gasteiger partial charge in [-0.3, -0.25) is 4.79 Å². The molecule has 6 nitrogen and oxygen atoms in total. The molecule has 0 bridgehead atoms. The number of nitrogens with zero attached hydrogens (tertiary/aromatic N) is 2. The number of anilines is 1. The molecule has 1 aromatic rings.